The van der Waals surface area contributed by atoms with Crippen molar-refractivity contribution < 1.29 is 14.3 Å². The molecule has 0 saturated carbocycles. The van der Waals surface area contributed by atoms with Crippen molar-refractivity contribution in [2.24, 2.45) is 0 Å². The molecule has 0 fully saturated rings. The highest BCUT2D eigenvalue weighted by molar-refractivity contribution is 9.10. The highest BCUT2D eigenvalue weighted by Crippen LogP contribution is 2.12. The van der Waals surface area contributed by atoms with E-state index in [9.17, 15) is 4.79 Å². The topological polar surface area (TPSA) is 38.8 Å². The maximum Gasteiger partial charge on any atom is 0.164 e. The Morgan fingerprint density at radius 1 is 1.19 bits per heavy atom. The first-order valence-electron chi connectivity index (χ1n) is 7.09. The Kier molecular flexibility index (Phi) is 8.76. The van der Waals surface area contributed by atoms with Gasteiger partial charge in [-0.15, -0.1) is 0 Å². The van der Waals surface area contributed by atoms with E-state index in [4.69, 9.17) is 9.47 Å². The highest BCUT2D eigenvalue weighted by atomic mass is 79.9. The Hall–Kier alpha value is -0.750. The van der Waals surface area contributed by atoms with Gasteiger partial charge < -0.3 is 9.47 Å². The number of ketones is 1. The van der Waals surface area contributed by atoms with Crippen LogP contribution in [0.25, 0.3) is 0 Å². The lowest BCUT2D eigenvalue weighted by Gasteiger charge is -2.28. The molecule has 21 heavy (non-hydrogen) atoms. The number of Topliss-reactive ketones (excluding diaryl/α,β-unsaturated/α-hetero) is 1. The van der Waals surface area contributed by atoms with E-state index in [0.717, 1.165) is 16.6 Å². The number of methoxy groups -OCH3 is 2. The van der Waals surface area contributed by atoms with Gasteiger partial charge in [0.1, 0.15) is 0 Å². The van der Waals surface area contributed by atoms with Gasteiger partial charge in [-0.25, -0.2) is 0 Å². The van der Waals surface area contributed by atoms with E-state index in [-0.39, 0.29) is 11.8 Å². The molecule has 0 aromatic heterocycles. The number of carbonyl (C=O) groups is 1. The van der Waals surface area contributed by atoms with E-state index >= 15 is 0 Å². The summed E-state index contributed by atoms with van der Waals surface area (Å²) in [6, 6.07) is 7.75. The van der Waals surface area contributed by atoms with Crippen LogP contribution in [0.3, 0.4) is 0 Å². The van der Waals surface area contributed by atoms with Crippen molar-refractivity contribution in [2.75, 3.05) is 40.5 Å². The molecule has 1 aromatic rings. The van der Waals surface area contributed by atoms with E-state index in [0.29, 0.717) is 26.2 Å². The zero-order valence-corrected chi connectivity index (χ0v) is 14.6. The summed E-state index contributed by atoms with van der Waals surface area (Å²) in [5.74, 6) is 0.162. The molecule has 0 aliphatic rings. The third kappa shape index (κ3) is 6.70. The molecule has 5 heteroatoms. The molecule has 0 radical (unpaired) electrons. The first-order chi connectivity index (χ1) is 10.1. The predicted octanol–water partition coefficient (Wildman–Crippen LogP) is 3.01. The van der Waals surface area contributed by atoms with Crippen LogP contribution in [0, 0.1) is 0 Å². The summed E-state index contributed by atoms with van der Waals surface area (Å²) in [7, 11) is 3.38. The fraction of sp³-hybridized carbons (Fsp3) is 0.562. The Bertz CT molecular complexity index is 422. The van der Waals surface area contributed by atoms with Gasteiger partial charge in [0.25, 0.3) is 0 Å². The molecule has 0 spiro atoms. The Balaban J connectivity index is 2.54. The van der Waals surface area contributed by atoms with Crippen molar-refractivity contribution in [3.8, 4) is 0 Å². The first-order valence-corrected chi connectivity index (χ1v) is 7.88. The number of halogens is 1. The van der Waals surface area contributed by atoms with Gasteiger partial charge in [0, 0.05) is 49.8 Å². The van der Waals surface area contributed by atoms with Gasteiger partial charge in [-0.3, -0.25) is 9.69 Å². The van der Waals surface area contributed by atoms with Crippen molar-refractivity contribution in [3.63, 3.8) is 0 Å². The lowest BCUT2D eigenvalue weighted by atomic mass is 10.1. The van der Waals surface area contributed by atoms with Gasteiger partial charge in [-0.2, -0.15) is 0 Å². The summed E-state index contributed by atoms with van der Waals surface area (Å²) < 4.78 is 11.3. The number of hydrogen-bond donors (Lipinski definition) is 0. The van der Waals surface area contributed by atoms with Crippen LogP contribution in [0.5, 0.6) is 0 Å². The van der Waals surface area contributed by atoms with Crippen molar-refractivity contribution in [2.45, 2.75) is 19.4 Å². The monoisotopic (exact) mass is 357 g/mol. The quantitative estimate of drug-likeness (QED) is 0.603. The lowest BCUT2D eigenvalue weighted by Crippen LogP contribution is -2.39. The first kappa shape index (κ1) is 18.3. The van der Waals surface area contributed by atoms with E-state index in [1.165, 1.54) is 0 Å². The van der Waals surface area contributed by atoms with Crippen LogP contribution in [-0.2, 0) is 9.47 Å². The number of nitrogens with zero attached hydrogens (tertiary/aromatic N) is 1. The zero-order chi connectivity index (χ0) is 15.7. The maximum absolute atomic E-state index is 12.2. The van der Waals surface area contributed by atoms with Gasteiger partial charge in [-0.1, -0.05) is 28.1 Å². The molecule has 118 valence electrons. The minimum atomic E-state index is 0.162. The number of rotatable bonds is 10. The molecule has 0 aliphatic carbocycles. The Morgan fingerprint density at radius 3 is 2.43 bits per heavy atom. The van der Waals surface area contributed by atoms with E-state index in [1.54, 1.807) is 14.2 Å². The van der Waals surface area contributed by atoms with E-state index < -0.39 is 0 Å². The predicted molar refractivity (Wildman–Crippen MR) is 87.9 cm³/mol. The van der Waals surface area contributed by atoms with Crippen molar-refractivity contribution in [1.82, 2.24) is 4.90 Å². The highest BCUT2D eigenvalue weighted by Gasteiger charge is 2.15. The average molecular weight is 358 g/mol. The molecule has 0 N–H and O–H groups in total. The van der Waals surface area contributed by atoms with Gasteiger partial charge in [-0.05, 0) is 19.1 Å². The summed E-state index contributed by atoms with van der Waals surface area (Å²) in [4.78, 5) is 14.4. The SMILES string of the molecule is COCCN(CCC(=O)c1ccc(Br)cc1)C(C)COC. The number of hydrogen-bond acceptors (Lipinski definition) is 4. The molecule has 4 nitrogen and oxygen atoms in total. The van der Waals surface area contributed by atoms with E-state index in [1.807, 2.05) is 24.3 Å². The second-order valence-corrected chi connectivity index (χ2v) is 5.93. The van der Waals surface area contributed by atoms with Crippen LogP contribution in [0.1, 0.15) is 23.7 Å². The molecule has 0 heterocycles. The van der Waals surface area contributed by atoms with Gasteiger partial charge in [0.15, 0.2) is 5.78 Å². The molecular formula is C16H24BrNO3. The Labute approximate surface area is 135 Å². The standard InChI is InChI=1S/C16H24BrNO3/c1-13(12-21-3)18(10-11-20-2)9-8-16(19)14-4-6-15(17)7-5-14/h4-7,13H,8-12H2,1-3H3. The molecule has 1 atom stereocenters. The van der Waals surface area contributed by atoms with Crippen molar-refractivity contribution in [3.05, 3.63) is 34.3 Å². The fourth-order valence-electron chi connectivity index (χ4n) is 2.13. The summed E-state index contributed by atoms with van der Waals surface area (Å²) in [6.07, 6.45) is 0.499. The smallest absolute Gasteiger partial charge is 0.164 e. The minimum Gasteiger partial charge on any atom is -0.383 e. The lowest BCUT2D eigenvalue weighted by molar-refractivity contribution is 0.0703. The van der Waals surface area contributed by atoms with Gasteiger partial charge in [0.05, 0.1) is 13.2 Å². The molecule has 1 aromatic carbocycles. The molecule has 0 amide bonds. The van der Waals surface area contributed by atoms with Crippen LogP contribution in [-0.4, -0.2) is 57.2 Å². The van der Waals surface area contributed by atoms with Gasteiger partial charge >= 0.3 is 0 Å². The van der Waals surface area contributed by atoms with E-state index in [2.05, 4.69) is 27.8 Å². The Morgan fingerprint density at radius 2 is 1.86 bits per heavy atom. The summed E-state index contributed by atoms with van der Waals surface area (Å²) >= 11 is 3.37. The molecule has 1 rings (SSSR count). The average Bonchev–Trinajstić information content (AvgIpc) is 2.48. The summed E-state index contributed by atoms with van der Waals surface area (Å²) in [5, 5.41) is 0. The van der Waals surface area contributed by atoms with Crippen LogP contribution in [0.2, 0.25) is 0 Å². The molecule has 0 aliphatic heterocycles. The van der Waals surface area contributed by atoms with Crippen LogP contribution in [0.4, 0.5) is 0 Å². The minimum absolute atomic E-state index is 0.162. The maximum atomic E-state index is 12.2. The van der Waals surface area contributed by atoms with Crippen LogP contribution >= 0.6 is 15.9 Å². The molecule has 0 bridgehead atoms. The van der Waals surface area contributed by atoms with Crippen molar-refractivity contribution >= 4 is 21.7 Å². The summed E-state index contributed by atoms with van der Waals surface area (Å²) in [5.41, 5.74) is 0.754. The number of ether oxygens (including phenoxy) is 2. The van der Waals surface area contributed by atoms with Crippen molar-refractivity contribution in [1.29, 1.82) is 0 Å². The number of benzene rings is 1. The third-order valence-corrected chi connectivity index (χ3v) is 3.93. The summed E-state index contributed by atoms with van der Waals surface area (Å²) in [6.45, 7) is 4.91. The van der Waals surface area contributed by atoms with Crippen LogP contribution < -0.4 is 0 Å². The largest absolute Gasteiger partial charge is 0.383 e. The molecule has 1 unspecified atom stereocenters. The zero-order valence-electron chi connectivity index (χ0n) is 13.0. The second kappa shape index (κ2) is 10.1. The van der Waals surface area contributed by atoms with Crippen LogP contribution in [0.15, 0.2) is 28.7 Å². The number of carbonyl (C=O) groups excluding carboxylic acids is 1. The molecular weight excluding hydrogens is 334 g/mol. The fourth-order valence-corrected chi connectivity index (χ4v) is 2.40. The second-order valence-electron chi connectivity index (χ2n) is 5.01. The normalized spacial score (nSPS) is 12.6. The molecule has 0 saturated heterocycles. The third-order valence-electron chi connectivity index (χ3n) is 3.41. The van der Waals surface area contributed by atoms with Gasteiger partial charge in [0.2, 0.25) is 0 Å².